The van der Waals surface area contributed by atoms with Crippen molar-refractivity contribution in [2.45, 2.75) is 33.6 Å². The first-order valence-corrected chi connectivity index (χ1v) is 4.43. The van der Waals surface area contributed by atoms with Crippen molar-refractivity contribution in [1.82, 2.24) is 0 Å². The first kappa shape index (κ1) is 10.7. The van der Waals surface area contributed by atoms with Crippen molar-refractivity contribution in [3.8, 4) is 0 Å². The molecule has 0 aromatic heterocycles. The van der Waals surface area contributed by atoms with Gasteiger partial charge in [0.25, 0.3) is 0 Å². The zero-order valence-corrected chi connectivity index (χ0v) is 8.06. The molecule has 0 radical (unpaired) electrons. The van der Waals surface area contributed by atoms with E-state index in [1.54, 1.807) is 0 Å². The van der Waals surface area contributed by atoms with Crippen molar-refractivity contribution in [2.24, 2.45) is 17.6 Å². The highest BCUT2D eigenvalue weighted by molar-refractivity contribution is 4.96. The summed E-state index contributed by atoms with van der Waals surface area (Å²) in [5.41, 5.74) is 6.63. The Labute approximate surface area is 70.7 Å². The molecule has 0 fully saturated rings. The van der Waals surface area contributed by atoms with Crippen LogP contribution < -0.4 is 5.73 Å². The lowest BCUT2D eigenvalue weighted by atomic mass is 9.93. The summed E-state index contributed by atoms with van der Waals surface area (Å²) in [7, 11) is 0. The van der Waals surface area contributed by atoms with Gasteiger partial charge >= 0.3 is 0 Å². The lowest BCUT2D eigenvalue weighted by Gasteiger charge is -2.14. The third-order valence-corrected chi connectivity index (χ3v) is 1.80. The van der Waals surface area contributed by atoms with E-state index in [4.69, 9.17) is 5.73 Å². The fourth-order valence-corrected chi connectivity index (χ4v) is 1.46. The molecule has 1 unspecified atom stereocenters. The second-order valence-corrected chi connectivity index (χ2v) is 3.89. The van der Waals surface area contributed by atoms with Gasteiger partial charge in [-0.3, -0.25) is 0 Å². The minimum absolute atomic E-state index is 0.641. The Morgan fingerprint density at radius 1 is 1.36 bits per heavy atom. The van der Waals surface area contributed by atoms with Crippen LogP contribution in [0, 0.1) is 11.8 Å². The van der Waals surface area contributed by atoms with Gasteiger partial charge in [0.05, 0.1) is 0 Å². The summed E-state index contributed by atoms with van der Waals surface area (Å²) >= 11 is 0. The molecule has 0 bridgehead atoms. The van der Waals surface area contributed by atoms with Gasteiger partial charge in [-0.1, -0.05) is 32.9 Å². The molecule has 0 aliphatic heterocycles. The number of nitrogens with two attached hydrogens (primary N) is 1. The van der Waals surface area contributed by atoms with E-state index in [-0.39, 0.29) is 0 Å². The highest BCUT2D eigenvalue weighted by atomic mass is 14.5. The molecule has 0 rings (SSSR count). The molecular formula is C10H21N. The molecule has 0 amide bonds. The van der Waals surface area contributed by atoms with Crippen LogP contribution in [0.5, 0.6) is 0 Å². The summed E-state index contributed by atoms with van der Waals surface area (Å²) in [6.07, 6.45) is 2.37. The van der Waals surface area contributed by atoms with Crippen molar-refractivity contribution < 1.29 is 0 Å². The Kier molecular flexibility index (Phi) is 5.22. The predicted molar refractivity (Wildman–Crippen MR) is 51.4 cm³/mol. The molecule has 0 aromatic rings. The van der Waals surface area contributed by atoms with Crippen LogP contribution in [0.4, 0.5) is 0 Å². The van der Waals surface area contributed by atoms with Crippen LogP contribution in [-0.4, -0.2) is 6.54 Å². The molecule has 0 heterocycles. The van der Waals surface area contributed by atoms with E-state index in [1.165, 1.54) is 12.0 Å². The van der Waals surface area contributed by atoms with Gasteiger partial charge in [0.2, 0.25) is 0 Å². The largest absolute Gasteiger partial charge is 0.327 e. The molecule has 0 saturated carbocycles. The minimum atomic E-state index is 0.641. The summed E-state index contributed by atoms with van der Waals surface area (Å²) < 4.78 is 0. The molecule has 66 valence electrons. The SMILES string of the molecule is C=C(CN)CC(C)CC(C)C. The summed E-state index contributed by atoms with van der Waals surface area (Å²) in [5.74, 6) is 1.53. The smallest absolute Gasteiger partial charge is 0.0134 e. The molecule has 0 spiro atoms. The van der Waals surface area contributed by atoms with Crippen LogP contribution in [0.1, 0.15) is 33.6 Å². The molecule has 0 saturated heterocycles. The molecule has 11 heavy (non-hydrogen) atoms. The molecule has 0 aromatic carbocycles. The van der Waals surface area contributed by atoms with Gasteiger partial charge in [0.1, 0.15) is 0 Å². The summed E-state index contributed by atoms with van der Waals surface area (Å²) in [6, 6.07) is 0. The van der Waals surface area contributed by atoms with E-state index in [1.807, 2.05) is 0 Å². The Morgan fingerprint density at radius 3 is 2.27 bits per heavy atom. The Bertz CT molecular complexity index is 116. The van der Waals surface area contributed by atoms with Crippen molar-refractivity contribution in [3.63, 3.8) is 0 Å². The third kappa shape index (κ3) is 6.11. The van der Waals surface area contributed by atoms with E-state index in [0.717, 1.165) is 18.3 Å². The molecule has 1 atom stereocenters. The second-order valence-electron chi connectivity index (χ2n) is 3.89. The Balaban J connectivity index is 3.51. The van der Waals surface area contributed by atoms with Crippen LogP contribution >= 0.6 is 0 Å². The Hall–Kier alpha value is -0.300. The Morgan fingerprint density at radius 2 is 1.91 bits per heavy atom. The van der Waals surface area contributed by atoms with Gasteiger partial charge in [-0.2, -0.15) is 0 Å². The van der Waals surface area contributed by atoms with Crippen molar-refractivity contribution >= 4 is 0 Å². The van der Waals surface area contributed by atoms with E-state index in [0.29, 0.717) is 6.54 Å². The highest BCUT2D eigenvalue weighted by Crippen LogP contribution is 2.17. The molecule has 1 heteroatoms. The van der Waals surface area contributed by atoms with Crippen LogP contribution in [0.15, 0.2) is 12.2 Å². The first-order valence-electron chi connectivity index (χ1n) is 4.43. The highest BCUT2D eigenvalue weighted by Gasteiger charge is 2.05. The molecule has 0 aliphatic carbocycles. The predicted octanol–water partition coefficient (Wildman–Crippen LogP) is 2.57. The maximum Gasteiger partial charge on any atom is 0.0134 e. The van der Waals surface area contributed by atoms with Gasteiger partial charge in [-0.25, -0.2) is 0 Å². The zero-order chi connectivity index (χ0) is 8.85. The van der Waals surface area contributed by atoms with E-state index in [2.05, 4.69) is 27.4 Å². The molecule has 0 aliphatic rings. The quantitative estimate of drug-likeness (QED) is 0.607. The van der Waals surface area contributed by atoms with Crippen molar-refractivity contribution in [1.29, 1.82) is 0 Å². The number of hydrogen-bond acceptors (Lipinski definition) is 1. The molecule has 2 N–H and O–H groups in total. The monoisotopic (exact) mass is 155 g/mol. The minimum Gasteiger partial charge on any atom is -0.327 e. The zero-order valence-electron chi connectivity index (χ0n) is 8.06. The third-order valence-electron chi connectivity index (χ3n) is 1.80. The average molecular weight is 155 g/mol. The van der Waals surface area contributed by atoms with Crippen molar-refractivity contribution in [3.05, 3.63) is 12.2 Å². The second kappa shape index (κ2) is 5.36. The maximum atomic E-state index is 5.45. The normalized spacial score (nSPS) is 13.5. The summed E-state index contributed by atoms with van der Waals surface area (Å²) in [5, 5.41) is 0. The summed E-state index contributed by atoms with van der Waals surface area (Å²) in [6.45, 7) is 11.3. The maximum absolute atomic E-state index is 5.45. The number of hydrogen-bond donors (Lipinski definition) is 1. The van der Waals surface area contributed by atoms with Crippen molar-refractivity contribution in [2.75, 3.05) is 6.54 Å². The van der Waals surface area contributed by atoms with E-state index < -0.39 is 0 Å². The average Bonchev–Trinajstić information content (AvgIpc) is 1.85. The van der Waals surface area contributed by atoms with Crippen LogP contribution in [-0.2, 0) is 0 Å². The fraction of sp³-hybridized carbons (Fsp3) is 0.800. The van der Waals surface area contributed by atoms with Crippen LogP contribution in [0.3, 0.4) is 0 Å². The van der Waals surface area contributed by atoms with Gasteiger partial charge in [0, 0.05) is 6.54 Å². The fourth-order valence-electron chi connectivity index (χ4n) is 1.46. The first-order chi connectivity index (χ1) is 5.06. The van der Waals surface area contributed by atoms with E-state index >= 15 is 0 Å². The topological polar surface area (TPSA) is 26.0 Å². The van der Waals surface area contributed by atoms with Gasteiger partial charge in [0.15, 0.2) is 0 Å². The standard InChI is InChI=1S/C10H21N/c1-8(2)5-9(3)6-10(4)7-11/h8-9H,4-7,11H2,1-3H3. The lowest BCUT2D eigenvalue weighted by molar-refractivity contribution is 0.435. The number of rotatable bonds is 5. The van der Waals surface area contributed by atoms with Gasteiger partial charge < -0.3 is 5.73 Å². The molecule has 1 nitrogen and oxygen atoms in total. The summed E-state index contributed by atoms with van der Waals surface area (Å²) in [4.78, 5) is 0. The molecular weight excluding hydrogens is 134 g/mol. The van der Waals surface area contributed by atoms with Gasteiger partial charge in [-0.15, -0.1) is 0 Å². The van der Waals surface area contributed by atoms with Crippen LogP contribution in [0.2, 0.25) is 0 Å². The van der Waals surface area contributed by atoms with Gasteiger partial charge in [-0.05, 0) is 24.7 Å². The van der Waals surface area contributed by atoms with Crippen LogP contribution in [0.25, 0.3) is 0 Å². The van der Waals surface area contributed by atoms with E-state index in [9.17, 15) is 0 Å². The lowest BCUT2D eigenvalue weighted by Crippen LogP contribution is -2.07.